The molecule has 0 N–H and O–H groups in total. The first-order valence-corrected chi connectivity index (χ1v) is 6.91. The van der Waals surface area contributed by atoms with E-state index in [0.717, 1.165) is 23.7 Å². The summed E-state index contributed by atoms with van der Waals surface area (Å²) in [6.07, 6.45) is 3.55. The summed E-state index contributed by atoms with van der Waals surface area (Å²) in [6.45, 7) is 3.94. The van der Waals surface area contributed by atoms with Crippen LogP contribution in [0.3, 0.4) is 0 Å². The van der Waals surface area contributed by atoms with Crippen molar-refractivity contribution in [3.05, 3.63) is 35.7 Å². The maximum absolute atomic E-state index is 12.4. The van der Waals surface area contributed by atoms with Gasteiger partial charge in [0.2, 0.25) is 5.91 Å². The molecule has 0 saturated carbocycles. The van der Waals surface area contributed by atoms with Crippen molar-refractivity contribution < 1.29 is 9.32 Å². The van der Waals surface area contributed by atoms with Gasteiger partial charge in [-0.2, -0.15) is 0 Å². The molecule has 0 bridgehead atoms. The molecule has 112 valence electrons. The van der Waals surface area contributed by atoms with Crippen LogP contribution >= 0.6 is 0 Å². The van der Waals surface area contributed by atoms with Crippen LogP contribution in [0.25, 0.3) is 0 Å². The summed E-state index contributed by atoms with van der Waals surface area (Å²) >= 11 is 0. The number of rotatable bonds is 3. The number of hydrogen-bond acceptors (Lipinski definition) is 5. The Morgan fingerprint density at radius 2 is 2.33 bits per heavy atom. The SMILES string of the molecule is Cc1cc(CN2Cc3cncn3C(C(=O)N(C)C)C2)no1. The molecule has 1 amide bonds. The Balaban J connectivity index is 1.81. The van der Waals surface area contributed by atoms with Gasteiger partial charge in [-0.3, -0.25) is 9.69 Å². The molecule has 7 heteroatoms. The lowest BCUT2D eigenvalue weighted by Gasteiger charge is -2.34. The van der Waals surface area contributed by atoms with Crippen LogP contribution in [0.1, 0.15) is 23.2 Å². The zero-order valence-electron chi connectivity index (χ0n) is 12.5. The van der Waals surface area contributed by atoms with Crippen molar-refractivity contribution in [2.45, 2.75) is 26.1 Å². The molecule has 0 spiro atoms. The second-order valence-electron chi connectivity index (χ2n) is 5.64. The van der Waals surface area contributed by atoms with E-state index in [-0.39, 0.29) is 11.9 Å². The summed E-state index contributed by atoms with van der Waals surface area (Å²) < 4.78 is 7.07. The van der Waals surface area contributed by atoms with Crippen molar-refractivity contribution >= 4 is 5.91 Å². The van der Waals surface area contributed by atoms with E-state index in [0.29, 0.717) is 13.1 Å². The topological polar surface area (TPSA) is 67.4 Å². The van der Waals surface area contributed by atoms with Crippen molar-refractivity contribution in [2.24, 2.45) is 0 Å². The number of hydrogen-bond donors (Lipinski definition) is 0. The largest absolute Gasteiger partial charge is 0.361 e. The van der Waals surface area contributed by atoms with E-state index in [1.165, 1.54) is 0 Å². The third kappa shape index (κ3) is 2.69. The van der Waals surface area contributed by atoms with Crippen LogP contribution in [-0.2, 0) is 17.9 Å². The van der Waals surface area contributed by atoms with Gasteiger partial charge in [0.05, 0.1) is 17.7 Å². The Hall–Kier alpha value is -2.15. The van der Waals surface area contributed by atoms with E-state index in [1.807, 2.05) is 23.8 Å². The van der Waals surface area contributed by atoms with Gasteiger partial charge in [0.1, 0.15) is 11.8 Å². The monoisotopic (exact) mass is 289 g/mol. The fourth-order valence-electron chi connectivity index (χ4n) is 2.70. The molecular weight excluding hydrogens is 270 g/mol. The predicted molar refractivity (Wildman–Crippen MR) is 75.3 cm³/mol. The first-order chi connectivity index (χ1) is 10.0. The smallest absolute Gasteiger partial charge is 0.246 e. The average Bonchev–Trinajstić information content (AvgIpc) is 3.05. The zero-order chi connectivity index (χ0) is 15.0. The highest BCUT2D eigenvalue weighted by Crippen LogP contribution is 2.23. The highest BCUT2D eigenvalue weighted by Gasteiger charge is 2.31. The van der Waals surface area contributed by atoms with Crippen LogP contribution < -0.4 is 0 Å². The molecule has 1 aliphatic heterocycles. The number of likely N-dealkylation sites (N-methyl/N-ethyl adjacent to an activating group) is 1. The van der Waals surface area contributed by atoms with Gasteiger partial charge in [-0.1, -0.05) is 5.16 Å². The Kier molecular flexibility index (Phi) is 3.50. The van der Waals surface area contributed by atoms with Crippen LogP contribution in [-0.4, -0.2) is 51.1 Å². The predicted octanol–water partition coefficient (Wildman–Crippen LogP) is 0.825. The molecule has 1 atom stereocenters. The molecule has 1 unspecified atom stereocenters. The van der Waals surface area contributed by atoms with E-state index in [9.17, 15) is 4.79 Å². The fourth-order valence-corrected chi connectivity index (χ4v) is 2.70. The molecule has 1 aliphatic rings. The molecule has 0 radical (unpaired) electrons. The fraction of sp³-hybridized carbons (Fsp3) is 0.500. The standard InChI is InChI=1S/C14H19N5O2/c1-10-4-11(16-21-10)6-18-7-12-5-15-9-19(12)13(8-18)14(20)17(2)3/h4-5,9,13H,6-8H2,1-3H3. The molecule has 0 fully saturated rings. The zero-order valence-corrected chi connectivity index (χ0v) is 12.5. The third-order valence-corrected chi connectivity index (χ3v) is 3.69. The summed E-state index contributed by atoms with van der Waals surface area (Å²) in [6, 6.07) is 1.69. The van der Waals surface area contributed by atoms with Gasteiger partial charge in [0, 0.05) is 46.0 Å². The number of carbonyl (C=O) groups is 1. The van der Waals surface area contributed by atoms with E-state index >= 15 is 0 Å². The van der Waals surface area contributed by atoms with Crippen LogP contribution in [0.4, 0.5) is 0 Å². The number of fused-ring (bicyclic) bond motifs is 1. The van der Waals surface area contributed by atoms with Crippen molar-refractivity contribution in [1.29, 1.82) is 0 Å². The van der Waals surface area contributed by atoms with Crippen molar-refractivity contribution in [2.75, 3.05) is 20.6 Å². The van der Waals surface area contributed by atoms with Crippen molar-refractivity contribution in [3.8, 4) is 0 Å². The lowest BCUT2D eigenvalue weighted by atomic mass is 10.1. The molecule has 2 aromatic heterocycles. The normalized spacial score (nSPS) is 18.5. The first-order valence-electron chi connectivity index (χ1n) is 6.91. The van der Waals surface area contributed by atoms with Crippen molar-refractivity contribution in [3.63, 3.8) is 0 Å². The molecule has 2 aromatic rings. The summed E-state index contributed by atoms with van der Waals surface area (Å²) in [5.41, 5.74) is 1.93. The quantitative estimate of drug-likeness (QED) is 0.837. The molecule has 0 aliphatic carbocycles. The third-order valence-electron chi connectivity index (χ3n) is 3.69. The van der Waals surface area contributed by atoms with E-state index in [2.05, 4.69) is 15.0 Å². The molecule has 0 aromatic carbocycles. The minimum absolute atomic E-state index is 0.0790. The Bertz CT molecular complexity index is 645. The number of amides is 1. The Labute approximate surface area is 123 Å². The summed E-state index contributed by atoms with van der Waals surface area (Å²) in [7, 11) is 3.55. The van der Waals surface area contributed by atoms with Gasteiger partial charge >= 0.3 is 0 Å². The van der Waals surface area contributed by atoms with Gasteiger partial charge in [-0.15, -0.1) is 0 Å². The van der Waals surface area contributed by atoms with Gasteiger partial charge in [0.25, 0.3) is 0 Å². The number of nitrogens with zero attached hydrogens (tertiary/aromatic N) is 5. The van der Waals surface area contributed by atoms with Crippen LogP contribution in [0.5, 0.6) is 0 Å². The lowest BCUT2D eigenvalue weighted by molar-refractivity contribution is -0.133. The Morgan fingerprint density at radius 1 is 1.52 bits per heavy atom. The maximum atomic E-state index is 12.4. The van der Waals surface area contributed by atoms with Gasteiger partial charge in [-0.05, 0) is 6.92 Å². The lowest BCUT2D eigenvalue weighted by Crippen LogP contribution is -2.43. The van der Waals surface area contributed by atoms with Gasteiger partial charge < -0.3 is 14.0 Å². The van der Waals surface area contributed by atoms with E-state index in [1.54, 1.807) is 25.3 Å². The minimum Gasteiger partial charge on any atom is -0.361 e. The highest BCUT2D eigenvalue weighted by molar-refractivity contribution is 5.80. The number of aromatic nitrogens is 3. The average molecular weight is 289 g/mol. The van der Waals surface area contributed by atoms with E-state index in [4.69, 9.17) is 4.52 Å². The number of carbonyl (C=O) groups excluding carboxylic acids is 1. The van der Waals surface area contributed by atoms with Crippen LogP contribution in [0, 0.1) is 6.92 Å². The summed E-state index contributed by atoms with van der Waals surface area (Å²) in [4.78, 5) is 20.4. The van der Waals surface area contributed by atoms with Crippen LogP contribution in [0.2, 0.25) is 0 Å². The number of aryl methyl sites for hydroxylation is 1. The molecule has 3 heterocycles. The second kappa shape index (κ2) is 5.33. The van der Waals surface area contributed by atoms with Gasteiger partial charge in [0.15, 0.2) is 0 Å². The van der Waals surface area contributed by atoms with E-state index < -0.39 is 0 Å². The second-order valence-corrected chi connectivity index (χ2v) is 5.64. The summed E-state index contributed by atoms with van der Waals surface area (Å²) in [5.74, 6) is 0.878. The molecule has 0 saturated heterocycles. The molecular formula is C14H19N5O2. The molecule has 7 nitrogen and oxygen atoms in total. The number of imidazole rings is 1. The van der Waals surface area contributed by atoms with Crippen LogP contribution in [0.15, 0.2) is 23.1 Å². The minimum atomic E-state index is -0.237. The van der Waals surface area contributed by atoms with Gasteiger partial charge in [-0.25, -0.2) is 4.98 Å². The first kappa shape index (κ1) is 13.8. The summed E-state index contributed by atoms with van der Waals surface area (Å²) in [5, 5.41) is 4.02. The Morgan fingerprint density at radius 3 is 3.00 bits per heavy atom. The molecule has 3 rings (SSSR count). The highest BCUT2D eigenvalue weighted by atomic mass is 16.5. The van der Waals surface area contributed by atoms with Crippen molar-refractivity contribution in [1.82, 2.24) is 24.5 Å². The maximum Gasteiger partial charge on any atom is 0.246 e. The molecule has 21 heavy (non-hydrogen) atoms.